The van der Waals surface area contributed by atoms with Crippen molar-refractivity contribution < 1.29 is 27.2 Å². The fraction of sp³-hybridized carbons (Fsp3) is 0.360. The van der Waals surface area contributed by atoms with E-state index in [-0.39, 0.29) is 17.3 Å². The molecule has 1 fully saturated rings. The lowest BCUT2D eigenvalue weighted by atomic mass is 9.63. The molecule has 9 rings (SSSR count). The highest BCUT2D eigenvalue weighted by Gasteiger charge is 2.47. The lowest BCUT2D eigenvalue weighted by Gasteiger charge is -2.43. The SMILES string of the molecule is CC1=CC=CC2Cc3cccc(C)c3NP(=O)(Oc3ccc(C4(C5=CC(C)C(OP6(=O)Nc7c(C)cccc7Cc7cccc(C)c7O6)C=C5)CCCCC4)cc3)OC12C. The van der Waals surface area contributed by atoms with Gasteiger partial charge < -0.3 is 9.05 Å². The summed E-state index contributed by atoms with van der Waals surface area (Å²) in [5.41, 5.74) is 9.97. The molecule has 6 unspecified atom stereocenters. The molecular formula is C50H56N2O6P2. The van der Waals surface area contributed by atoms with Crippen molar-refractivity contribution in [3.63, 3.8) is 0 Å². The largest absolute Gasteiger partial charge is 0.487 e. The van der Waals surface area contributed by atoms with E-state index < -0.39 is 27.2 Å². The molecule has 2 heterocycles. The number of hydrogen-bond donors (Lipinski definition) is 2. The Balaban J connectivity index is 0.984. The molecule has 2 N–H and O–H groups in total. The van der Waals surface area contributed by atoms with Gasteiger partial charge in [-0.1, -0.05) is 129 Å². The van der Waals surface area contributed by atoms with Crippen LogP contribution in [-0.2, 0) is 36.4 Å². The maximum atomic E-state index is 14.9. The quantitative estimate of drug-likeness (QED) is 0.185. The molecule has 4 aromatic carbocycles. The molecule has 1 saturated carbocycles. The molecule has 5 aliphatic rings. The Morgan fingerprint density at radius 2 is 1.40 bits per heavy atom. The van der Waals surface area contributed by atoms with E-state index in [0.717, 1.165) is 82.4 Å². The number of fused-ring (bicyclic) bond motifs is 4. The standard InChI is InChI=1S/C50H56N2O6P2/c1-33-14-10-18-38-31-40-20-12-16-35(3)48(40)57-59(53,51-46(33)38)56-45-27-24-43(30-36(45)4)50(28-8-7-9-29-50)41-22-25-44(26-23-41)55-60(54)52-47-34(2)15-11-19-39(47)32-42-21-13-17-37(5)49(42,6)58-60/h10-27,30,36,42,45H,7-9,28-29,31-32H2,1-6H3,(H,51,53)(H,52,54). The van der Waals surface area contributed by atoms with Gasteiger partial charge in [0.15, 0.2) is 0 Å². The lowest BCUT2D eigenvalue weighted by Crippen LogP contribution is -2.42. The maximum absolute atomic E-state index is 14.9. The van der Waals surface area contributed by atoms with Gasteiger partial charge >= 0.3 is 15.5 Å². The molecule has 10 heteroatoms. The average molecular weight is 843 g/mol. The van der Waals surface area contributed by atoms with Gasteiger partial charge in [-0.2, -0.15) is 0 Å². The second kappa shape index (κ2) is 15.7. The highest BCUT2D eigenvalue weighted by Crippen LogP contribution is 2.59. The first-order valence-electron chi connectivity index (χ1n) is 21.4. The van der Waals surface area contributed by atoms with E-state index in [4.69, 9.17) is 18.1 Å². The number of benzene rings is 4. The Morgan fingerprint density at radius 1 is 0.750 bits per heavy atom. The van der Waals surface area contributed by atoms with Crippen LogP contribution in [0.2, 0.25) is 0 Å². The predicted octanol–water partition coefficient (Wildman–Crippen LogP) is 13.6. The summed E-state index contributed by atoms with van der Waals surface area (Å²) >= 11 is 0. The molecule has 4 aromatic rings. The fourth-order valence-electron chi connectivity index (χ4n) is 9.97. The van der Waals surface area contributed by atoms with Crippen LogP contribution in [-0.4, -0.2) is 11.7 Å². The number of allylic oxidation sites excluding steroid dienone is 4. The number of nitrogens with one attached hydrogen (secondary N) is 2. The van der Waals surface area contributed by atoms with Crippen molar-refractivity contribution >= 4 is 26.9 Å². The van der Waals surface area contributed by atoms with Gasteiger partial charge in [-0.25, -0.2) is 9.13 Å². The first-order chi connectivity index (χ1) is 28.8. The zero-order valence-electron chi connectivity index (χ0n) is 35.5. The number of hydrogen-bond acceptors (Lipinski definition) is 6. The molecule has 0 spiro atoms. The van der Waals surface area contributed by atoms with E-state index in [1.165, 1.54) is 17.6 Å². The van der Waals surface area contributed by atoms with Crippen LogP contribution in [0.5, 0.6) is 11.5 Å². The number of rotatable bonds is 6. The molecule has 0 bridgehead atoms. The molecule has 312 valence electrons. The molecule has 0 radical (unpaired) electrons. The van der Waals surface area contributed by atoms with Crippen molar-refractivity contribution in [2.45, 2.75) is 104 Å². The van der Waals surface area contributed by atoms with Crippen LogP contribution in [0.1, 0.15) is 91.8 Å². The number of anilines is 2. The van der Waals surface area contributed by atoms with Gasteiger partial charge in [0, 0.05) is 23.7 Å². The van der Waals surface area contributed by atoms with Crippen LogP contribution < -0.4 is 19.2 Å². The van der Waals surface area contributed by atoms with Crippen molar-refractivity contribution in [2.24, 2.45) is 11.8 Å². The van der Waals surface area contributed by atoms with E-state index >= 15 is 0 Å². The summed E-state index contributed by atoms with van der Waals surface area (Å²) in [5, 5.41) is 6.53. The van der Waals surface area contributed by atoms with Gasteiger partial charge in [-0.15, -0.1) is 0 Å². The molecule has 60 heavy (non-hydrogen) atoms. The smallest absolute Gasteiger partial charge is 0.409 e. The summed E-state index contributed by atoms with van der Waals surface area (Å²) < 4.78 is 55.9. The van der Waals surface area contributed by atoms with E-state index in [0.29, 0.717) is 17.9 Å². The summed E-state index contributed by atoms with van der Waals surface area (Å²) in [6.45, 7) is 12.2. The molecule has 0 amide bonds. The Morgan fingerprint density at radius 3 is 2.12 bits per heavy atom. The molecule has 2 aliphatic heterocycles. The van der Waals surface area contributed by atoms with Crippen LogP contribution in [0.25, 0.3) is 0 Å². The van der Waals surface area contributed by atoms with E-state index in [2.05, 4.69) is 71.7 Å². The van der Waals surface area contributed by atoms with Gasteiger partial charge in [-0.05, 0) is 116 Å². The third-order valence-electron chi connectivity index (χ3n) is 13.6. The molecule has 0 saturated heterocycles. The third kappa shape index (κ3) is 7.55. The summed E-state index contributed by atoms with van der Waals surface area (Å²) in [5.74, 6) is 0.987. The second-order valence-electron chi connectivity index (χ2n) is 17.7. The lowest BCUT2D eigenvalue weighted by molar-refractivity contribution is 0.0691. The minimum absolute atomic E-state index is 0.0109. The monoisotopic (exact) mass is 842 g/mol. The Hall–Kier alpha value is -4.58. The first kappa shape index (κ1) is 40.8. The van der Waals surface area contributed by atoms with Crippen molar-refractivity contribution in [2.75, 3.05) is 10.2 Å². The van der Waals surface area contributed by atoms with Crippen molar-refractivity contribution in [3.8, 4) is 11.5 Å². The Bertz CT molecular complexity index is 2490. The van der Waals surface area contributed by atoms with Gasteiger partial charge in [0.25, 0.3) is 0 Å². The van der Waals surface area contributed by atoms with Crippen LogP contribution in [0.3, 0.4) is 0 Å². The van der Waals surface area contributed by atoms with E-state index in [1.54, 1.807) is 0 Å². The maximum Gasteiger partial charge on any atom is 0.487 e. The van der Waals surface area contributed by atoms with Gasteiger partial charge in [0.2, 0.25) is 0 Å². The minimum Gasteiger partial charge on any atom is -0.409 e. The first-order valence-corrected chi connectivity index (χ1v) is 24.5. The molecule has 3 aliphatic carbocycles. The molecule has 8 nitrogen and oxygen atoms in total. The third-order valence-corrected chi connectivity index (χ3v) is 16.6. The predicted molar refractivity (Wildman–Crippen MR) is 242 cm³/mol. The zero-order chi connectivity index (χ0) is 41.9. The van der Waals surface area contributed by atoms with E-state index in [9.17, 15) is 9.13 Å². The van der Waals surface area contributed by atoms with Gasteiger partial charge in [-0.3, -0.25) is 19.2 Å². The highest BCUT2D eigenvalue weighted by molar-refractivity contribution is 7.56. The van der Waals surface area contributed by atoms with Crippen LogP contribution in [0, 0.1) is 32.6 Å². The van der Waals surface area contributed by atoms with Crippen LogP contribution in [0.15, 0.2) is 126 Å². The van der Waals surface area contributed by atoms with Crippen molar-refractivity contribution in [1.29, 1.82) is 0 Å². The minimum atomic E-state index is -3.93. The summed E-state index contributed by atoms with van der Waals surface area (Å²) in [4.78, 5) is 0. The van der Waals surface area contributed by atoms with Crippen molar-refractivity contribution in [3.05, 3.63) is 165 Å². The number of para-hydroxylation sites is 3. The summed E-state index contributed by atoms with van der Waals surface area (Å²) in [7, 11) is -7.82. The topological polar surface area (TPSA) is 95.1 Å². The van der Waals surface area contributed by atoms with Crippen LogP contribution in [0.4, 0.5) is 11.4 Å². The Labute approximate surface area is 355 Å². The van der Waals surface area contributed by atoms with Crippen LogP contribution >= 0.6 is 15.5 Å². The zero-order valence-corrected chi connectivity index (χ0v) is 37.3. The van der Waals surface area contributed by atoms with E-state index in [1.807, 2.05) is 95.3 Å². The van der Waals surface area contributed by atoms with Crippen molar-refractivity contribution in [1.82, 2.24) is 0 Å². The fourth-order valence-corrected chi connectivity index (χ4v) is 13.7. The summed E-state index contributed by atoms with van der Waals surface area (Å²) in [6.07, 6.45) is 19.1. The second-order valence-corrected chi connectivity index (χ2v) is 20.9. The summed E-state index contributed by atoms with van der Waals surface area (Å²) in [6, 6.07) is 26.4. The highest BCUT2D eigenvalue weighted by atomic mass is 31.2. The Kier molecular flexibility index (Phi) is 10.7. The molecular weight excluding hydrogens is 787 g/mol. The number of aryl methyl sites for hydroxylation is 3. The van der Waals surface area contributed by atoms with Gasteiger partial charge in [0.05, 0.1) is 17.5 Å². The van der Waals surface area contributed by atoms with Gasteiger partial charge in [0.1, 0.15) is 17.1 Å². The average Bonchev–Trinajstić information content (AvgIpc) is 3.21. The molecule has 0 aromatic heterocycles. The molecule has 6 atom stereocenters. The normalized spacial score (nSPS) is 29.1.